The van der Waals surface area contributed by atoms with E-state index in [1.807, 2.05) is 60.7 Å². The summed E-state index contributed by atoms with van der Waals surface area (Å²) in [5.41, 5.74) is 5.63. The van der Waals surface area contributed by atoms with Crippen molar-refractivity contribution >= 4 is 11.9 Å². The molecule has 0 radical (unpaired) electrons. The van der Waals surface area contributed by atoms with Crippen LogP contribution in [-0.4, -0.2) is 24.0 Å². The Balaban J connectivity index is 1.96. The zero-order chi connectivity index (χ0) is 16.7. The van der Waals surface area contributed by atoms with E-state index < -0.39 is 18.1 Å². The summed E-state index contributed by atoms with van der Waals surface area (Å²) in [6.07, 6.45) is 0.644. The van der Waals surface area contributed by atoms with E-state index >= 15 is 0 Å². The molecule has 0 fully saturated rings. The van der Waals surface area contributed by atoms with Gasteiger partial charge in [-0.05, 0) is 17.5 Å². The summed E-state index contributed by atoms with van der Waals surface area (Å²) < 4.78 is 0. The fourth-order valence-corrected chi connectivity index (χ4v) is 2.32. The highest BCUT2D eigenvalue weighted by Gasteiger charge is 2.22. The van der Waals surface area contributed by atoms with Crippen LogP contribution in [0.5, 0.6) is 0 Å². The van der Waals surface area contributed by atoms with Crippen molar-refractivity contribution in [2.75, 3.05) is 0 Å². The number of nitrogens with one attached hydrogen (secondary N) is 1. The summed E-state index contributed by atoms with van der Waals surface area (Å²) in [6.45, 7) is 0. The van der Waals surface area contributed by atoms with Crippen LogP contribution in [0.25, 0.3) is 0 Å². The van der Waals surface area contributed by atoms with Crippen molar-refractivity contribution in [3.05, 3.63) is 71.8 Å². The molecule has 0 saturated heterocycles. The van der Waals surface area contributed by atoms with Gasteiger partial charge < -0.3 is 21.0 Å². The first-order chi connectivity index (χ1) is 11.1. The third-order valence-electron chi connectivity index (χ3n) is 3.58. The van der Waals surface area contributed by atoms with Gasteiger partial charge in [0.15, 0.2) is 6.04 Å². The maximum absolute atomic E-state index is 12.2. The van der Waals surface area contributed by atoms with E-state index in [1.165, 1.54) is 0 Å². The molecule has 0 unspecified atom stereocenters. The number of quaternary nitrogens is 1. The summed E-state index contributed by atoms with van der Waals surface area (Å²) >= 11 is 0. The average molecular weight is 312 g/mol. The number of benzene rings is 2. The van der Waals surface area contributed by atoms with Crippen LogP contribution >= 0.6 is 0 Å². The number of carbonyl (C=O) groups excluding carboxylic acids is 2. The van der Waals surface area contributed by atoms with Gasteiger partial charge in [-0.15, -0.1) is 0 Å². The van der Waals surface area contributed by atoms with Gasteiger partial charge >= 0.3 is 0 Å². The van der Waals surface area contributed by atoms with E-state index in [-0.39, 0.29) is 12.3 Å². The number of aliphatic carboxylic acids is 1. The topological polar surface area (TPSA) is 96.9 Å². The van der Waals surface area contributed by atoms with Crippen LogP contribution in [0.2, 0.25) is 0 Å². The first kappa shape index (κ1) is 16.7. The van der Waals surface area contributed by atoms with Crippen molar-refractivity contribution in [2.24, 2.45) is 0 Å². The molecule has 4 N–H and O–H groups in total. The lowest BCUT2D eigenvalue weighted by Gasteiger charge is -2.21. The van der Waals surface area contributed by atoms with E-state index in [4.69, 9.17) is 0 Å². The highest BCUT2D eigenvalue weighted by atomic mass is 16.4. The molecule has 2 rings (SSSR count). The molecule has 0 saturated carbocycles. The number of carbonyl (C=O) groups is 2. The zero-order valence-electron chi connectivity index (χ0n) is 12.8. The number of hydrogen-bond acceptors (Lipinski definition) is 3. The van der Waals surface area contributed by atoms with Gasteiger partial charge in [0.2, 0.25) is 0 Å². The fraction of sp³-hybridized carbons (Fsp3) is 0.222. The van der Waals surface area contributed by atoms with Gasteiger partial charge in [-0.1, -0.05) is 60.7 Å². The number of carboxylic acid groups (broad SMARTS) is 1. The van der Waals surface area contributed by atoms with Gasteiger partial charge in [-0.25, -0.2) is 0 Å². The molecule has 0 bridgehead atoms. The van der Waals surface area contributed by atoms with Crippen molar-refractivity contribution in [3.8, 4) is 0 Å². The smallest absolute Gasteiger partial charge is 0.279 e. The molecule has 2 atom stereocenters. The predicted molar refractivity (Wildman–Crippen MR) is 83.9 cm³/mol. The number of carboxylic acids is 1. The molecule has 23 heavy (non-hydrogen) atoms. The number of hydrogen-bond donors (Lipinski definition) is 2. The van der Waals surface area contributed by atoms with Crippen LogP contribution in [0, 0.1) is 0 Å². The highest BCUT2D eigenvalue weighted by molar-refractivity contribution is 5.85. The van der Waals surface area contributed by atoms with Crippen molar-refractivity contribution in [3.63, 3.8) is 0 Å². The first-order valence-corrected chi connectivity index (χ1v) is 7.48. The Labute approximate surface area is 135 Å². The molecule has 0 aliphatic heterocycles. The summed E-state index contributed by atoms with van der Waals surface area (Å²) in [5.74, 6) is -1.69. The second-order valence-corrected chi connectivity index (χ2v) is 5.46. The first-order valence-electron chi connectivity index (χ1n) is 7.48. The molecule has 5 nitrogen and oxygen atoms in total. The van der Waals surface area contributed by atoms with Gasteiger partial charge in [0.05, 0.1) is 12.0 Å². The van der Waals surface area contributed by atoms with E-state index in [0.29, 0.717) is 6.42 Å². The molecule has 5 heteroatoms. The van der Waals surface area contributed by atoms with E-state index in [0.717, 1.165) is 11.1 Å². The second-order valence-electron chi connectivity index (χ2n) is 5.46. The average Bonchev–Trinajstić information content (AvgIpc) is 2.56. The monoisotopic (exact) mass is 312 g/mol. The SMILES string of the molecule is [NH3+][C@@H](Cc1ccccc1)C(=O)N[C@@H](Cc1ccccc1)C(=O)[O-]. The third kappa shape index (κ3) is 5.23. The second kappa shape index (κ2) is 8.10. The normalized spacial score (nSPS) is 13.1. The summed E-state index contributed by atoms with van der Waals surface area (Å²) in [6, 6.07) is 17.0. The van der Waals surface area contributed by atoms with Gasteiger partial charge in [0.25, 0.3) is 5.91 Å². The standard InChI is InChI=1S/C18H20N2O3/c19-15(11-13-7-3-1-4-8-13)17(21)20-16(18(22)23)12-14-9-5-2-6-10-14/h1-10,15-16H,11-12,19H2,(H,20,21)(H,22,23)/t15-,16-/m0/s1. The molecule has 2 aromatic carbocycles. The van der Waals surface area contributed by atoms with Crippen LogP contribution in [0.3, 0.4) is 0 Å². The maximum atomic E-state index is 12.2. The van der Waals surface area contributed by atoms with Crippen LogP contribution < -0.4 is 16.2 Å². The Bertz CT molecular complexity index is 644. The number of rotatable bonds is 7. The van der Waals surface area contributed by atoms with Crippen molar-refractivity contribution in [1.29, 1.82) is 0 Å². The molecule has 2 aromatic rings. The zero-order valence-corrected chi connectivity index (χ0v) is 12.8. The van der Waals surface area contributed by atoms with Crippen LogP contribution in [0.4, 0.5) is 0 Å². The lowest BCUT2D eigenvalue weighted by molar-refractivity contribution is -0.403. The van der Waals surface area contributed by atoms with Gasteiger partial charge in [0.1, 0.15) is 0 Å². The molecule has 0 heterocycles. The Hall–Kier alpha value is -2.66. The minimum Gasteiger partial charge on any atom is -0.548 e. The van der Waals surface area contributed by atoms with Gasteiger partial charge in [-0.2, -0.15) is 0 Å². The minimum atomic E-state index is -1.30. The molecular formula is C18H20N2O3. The lowest BCUT2D eigenvalue weighted by Crippen LogP contribution is -2.70. The van der Waals surface area contributed by atoms with E-state index in [1.54, 1.807) is 0 Å². The maximum Gasteiger partial charge on any atom is 0.279 e. The Morgan fingerprint density at radius 2 is 1.39 bits per heavy atom. The highest BCUT2D eigenvalue weighted by Crippen LogP contribution is 2.04. The molecule has 0 aromatic heterocycles. The van der Waals surface area contributed by atoms with E-state index in [9.17, 15) is 14.7 Å². The van der Waals surface area contributed by atoms with Crippen LogP contribution in [-0.2, 0) is 22.4 Å². The van der Waals surface area contributed by atoms with Crippen LogP contribution in [0.15, 0.2) is 60.7 Å². The third-order valence-corrected chi connectivity index (χ3v) is 3.58. The molecule has 120 valence electrons. The summed E-state index contributed by atoms with van der Waals surface area (Å²) in [5, 5.41) is 13.8. The van der Waals surface area contributed by atoms with Crippen LogP contribution in [0.1, 0.15) is 11.1 Å². The number of amides is 1. The molecule has 0 aliphatic carbocycles. The summed E-state index contributed by atoms with van der Waals surface area (Å²) in [7, 11) is 0. The lowest BCUT2D eigenvalue weighted by atomic mass is 10.0. The Morgan fingerprint density at radius 3 is 1.87 bits per heavy atom. The van der Waals surface area contributed by atoms with Crippen molar-refractivity contribution < 1.29 is 20.4 Å². The molecular weight excluding hydrogens is 292 g/mol. The van der Waals surface area contributed by atoms with Gasteiger partial charge in [-0.3, -0.25) is 4.79 Å². The Kier molecular flexibility index (Phi) is 5.88. The minimum absolute atomic E-state index is 0.187. The largest absolute Gasteiger partial charge is 0.548 e. The van der Waals surface area contributed by atoms with Crippen molar-refractivity contribution in [1.82, 2.24) is 5.32 Å². The molecule has 1 amide bonds. The molecule has 0 spiro atoms. The summed E-state index contributed by atoms with van der Waals surface area (Å²) in [4.78, 5) is 23.5. The quantitative estimate of drug-likeness (QED) is 0.708. The van der Waals surface area contributed by atoms with Gasteiger partial charge in [0, 0.05) is 6.42 Å². The molecule has 0 aliphatic rings. The Morgan fingerprint density at radius 1 is 0.913 bits per heavy atom. The van der Waals surface area contributed by atoms with Crippen molar-refractivity contribution in [2.45, 2.75) is 24.9 Å². The predicted octanol–water partition coefficient (Wildman–Crippen LogP) is -0.683. The van der Waals surface area contributed by atoms with E-state index in [2.05, 4.69) is 11.1 Å². The fourth-order valence-electron chi connectivity index (χ4n) is 2.32.